The number of para-hydroxylation sites is 1. The fraction of sp³-hybridized carbons (Fsp3) is 0. The highest BCUT2D eigenvalue weighted by molar-refractivity contribution is 5.84. The van der Waals surface area contributed by atoms with Crippen molar-refractivity contribution in [2.24, 2.45) is 0 Å². The first-order valence-electron chi connectivity index (χ1n) is 5.78. The molecule has 0 fully saturated rings. The summed E-state index contributed by atoms with van der Waals surface area (Å²) < 4.78 is 0. The zero-order valence-corrected chi connectivity index (χ0v) is 10.4. The molecule has 2 aromatic rings. The summed E-state index contributed by atoms with van der Waals surface area (Å²) in [5, 5.41) is 40.0. The van der Waals surface area contributed by atoms with Gasteiger partial charge >= 0.3 is 0 Å². The normalized spacial score (nSPS) is 11.3. The van der Waals surface area contributed by atoms with Crippen LogP contribution < -0.4 is 5.23 Å². The molecule has 0 saturated carbocycles. The second kappa shape index (κ2) is 6.18. The summed E-state index contributed by atoms with van der Waals surface area (Å²) in [4.78, 5) is 0. The monoisotopic (exact) mass is 272 g/mol. The Bertz CT molecular complexity index is 597. The summed E-state index contributed by atoms with van der Waals surface area (Å²) >= 11 is 0. The highest BCUT2D eigenvalue weighted by Gasteiger charge is 2.06. The first-order chi connectivity index (χ1) is 9.59. The van der Waals surface area contributed by atoms with Crippen molar-refractivity contribution in [2.75, 3.05) is 5.23 Å². The van der Waals surface area contributed by atoms with Gasteiger partial charge in [-0.3, -0.25) is 10.4 Å². The predicted molar refractivity (Wildman–Crippen MR) is 75.4 cm³/mol. The van der Waals surface area contributed by atoms with Gasteiger partial charge in [0.25, 0.3) is 0 Å². The average molecular weight is 272 g/mol. The standard InChI is InChI=1S/C14H12N2O4/c17-15(18)13-9-5-4-8-12(13)10-14(16(19)20)11-6-2-1-3-7-11/h1-10,17-18H/q-2. The Labute approximate surface area is 115 Å². The van der Waals surface area contributed by atoms with Crippen LogP contribution in [0, 0.1) is 10.4 Å². The zero-order valence-electron chi connectivity index (χ0n) is 10.4. The van der Waals surface area contributed by atoms with Gasteiger partial charge in [-0.15, -0.1) is 5.23 Å². The maximum atomic E-state index is 11.2. The Morgan fingerprint density at radius 3 is 2.10 bits per heavy atom. The third-order valence-electron chi connectivity index (χ3n) is 2.71. The van der Waals surface area contributed by atoms with Crippen LogP contribution >= 0.6 is 0 Å². The maximum Gasteiger partial charge on any atom is 0.102 e. The molecule has 104 valence electrons. The second-order valence-electron chi connectivity index (χ2n) is 4.00. The predicted octanol–water partition coefficient (Wildman–Crippen LogP) is 3.07. The van der Waals surface area contributed by atoms with Crippen LogP contribution in [0.5, 0.6) is 0 Å². The summed E-state index contributed by atoms with van der Waals surface area (Å²) in [6.07, 6.45) is 1.30. The molecule has 0 radical (unpaired) electrons. The highest BCUT2D eigenvalue weighted by atomic mass is 16.8. The van der Waals surface area contributed by atoms with E-state index in [1.165, 1.54) is 12.1 Å². The number of hydrogen-bond acceptors (Lipinski definition) is 6. The van der Waals surface area contributed by atoms with Crippen molar-refractivity contribution >= 4 is 17.5 Å². The summed E-state index contributed by atoms with van der Waals surface area (Å²) in [5.41, 5.74) is 0.700. The molecule has 2 aromatic carbocycles. The van der Waals surface area contributed by atoms with Crippen LogP contribution in [0.15, 0.2) is 54.6 Å². The molecule has 0 amide bonds. The molecule has 0 heterocycles. The topological polar surface area (TPSA) is 93.1 Å². The number of hydrogen-bond donors (Lipinski definition) is 2. The van der Waals surface area contributed by atoms with E-state index in [4.69, 9.17) is 10.4 Å². The molecule has 0 unspecified atom stereocenters. The highest BCUT2D eigenvalue weighted by Crippen LogP contribution is 2.26. The first-order valence-corrected chi connectivity index (χ1v) is 5.78. The van der Waals surface area contributed by atoms with Crippen molar-refractivity contribution in [3.63, 3.8) is 0 Å². The van der Waals surface area contributed by atoms with E-state index in [1.807, 2.05) is 0 Å². The fourth-order valence-corrected chi connectivity index (χ4v) is 1.79. The summed E-state index contributed by atoms with van der Waals surface area (Å²) in [5.74, 6) is 0. The minimum Gasteiger partial charge on any atom is -0.769 e. The summed E-state index contributed by atoms with van der Waals surface area (Å²) in [6.45, 7) is 0. The van der Waals surface area contributed by atoms with Crippen molar-refractivity contribution in [2.45, 2.75) is 0 Å². The molecule has 0 aliphatic carbocycles. The smallest absolute Gasteiger partial charge is 0.102 e. The van der Waals surface area contributed by atoms with E-state index in [9.17, 15) is 10.4 Å². The van der Waals surface area contributed by atoms with Crippen molar-refractivity contribution in [3.8, 4) is 0 Å². The quantitative estimate of drug-likeness (QED) is 0.656. The van der Waals surface area contributed by atoms with Gasteiger partial charge in [-0.1, -0.05) is 48.5 Å². The Morgan fingerprint density at radius 1 is 0.900 bits per heavy atom. The number of nitrogens with zero attached hydrogens (tertiary/aromatic N) is 2. The Kier molecular flexibility index (Phi) is 4.34. The van der Waals surface area contributed by atoms with Crippen LogP contribution in [0.1, 0.15) is 11.1 Å². The zero-order chi connectivity index (χ0) is 14.5. The summed E-state index contributed by atoms with van der Waals surface area (Å²) in [7, 11) is 0. The lowest BCUT2D eigenvalue weighted by atomic mass is 10.1. The minimum absolute atomic E-state index is 0.0581. The first kappa shape index (κ1) is 14.0. The third-order valence-corrected chi connectivity index (χ3v) is 2.71. The SMILES string of the molecule is [O-]N([O-])C(=Cc1ccccc1N(O)O)c1ccccc1. The molecule has 0 aliphatic heterocycles. The van der Waals surface area contributed by atoms with Gasteiger partial charge in [0.05, 0.1) is 0 Å². The van der Waals surface area contributed by atoms with E-state index in [0.717, 1.165) is 0 Å². The molecular formula is C14H12N2O4-2. The molecular weight excluding hydrogens is 260 g/mol. The minimum atomic E-state index is -0.509. The lowest BCUT2D eigenvalue weighted by Gasteiger charge is -2.40. The van der Waals surface area contributed by atoms with Crippen LogP contribution in [0.25, 0.3) is 11.8 Å². The van der Waals surface area contributed by atoms with Gasteiger partial charge in [0.2, 0.25) is 0 Å². The van der Waals surface area contributed by atoms with Gasteiger partial charge in [-0.25, -0.2) is 0 Å². The van der Waals surface area contributed by atoms with E-state index >= 15 is 0 Å². The van der Waals surface area contributed by atoms with E-state index in [0.29, 0.717) is 11.1 Å². The Balaban J connectivity index is 2.50. The number of rotatable bonds is 4. The van der Waals surface area contributed by atoms with Crippen molar-refractivity contribution in [1.29, 1.82) is 0 Å². The molecule has 2 N–H and O–H groups in total. The van der Waals surface area contributed by atoms with Crippen molar-refractivity contribution in [3.05, 3.63) is 76.1 Å². The lowest BCUT2D eigenvalue weighted by molar-refractivity contribution is 0.0290. The number of benzene rings is 2. The van der Waals surface area contributed by atoms with Crippen molar-refractivity contribution < 1.29 is 10.4 Å². The van der Waals surface area contributed by atoms with Gasteiger partial charge in [0.1, 0.15) is 5.69 Å². The van der Waals surface area contributed by atoms with Gasteiger partial charge < -0.3 is 15.6 Å². The van der Waals surface area contributed by atoms with E-state index in [-0.39, 0.29) is 16.6 Å². The van der Waals surface area contributed by atoms with Gasteiger partial charge in [-0.05, 0) is 17.7 Å². The Morgan fingerprint density at radius 2 is 1.50 bits per heavy atom. The van der Waals surface area contributed by atoms with Crippen LogP contribution in [0.3, 0.4) is 0 Å². The maximum absolute atomic E-state index is 11.2. The second-order valence-corrected chi connectivity index (χ2v) is 4.00. The van der Waals surface area contributed by atoms with E-state index in [2.05, 4.69) is 0 Å². The number of anilines is 1. The fourth-order valence-electron chi connectivity index (χ4n) is 1.79. The van der Waals surface area contributed by atoms with Gasteiger partial charge in [-0.2, -0.15) is 0 Å². The molecule has 0 saturated heterocycles. The van der Waals surface area contributed by atoms with Gasteiger partial charge in [0, 0.05) is 11.3 Å². The molecule has 0 aliphatic rings. The van der Waals surface area contributed by atoms with Gasteiger partial charge in [0.15, 0.2) is 0 Å². The van der Waals surface area contributed by atoms with Crippen LogP contribution in [0.4, 0.5) is 5.69 Å². The summed E-state index contributed by atoms with van der Waals surface area (Å²) in [6, 6.07) is 14.6. The third kappa shape index (κ3) is 3.14. The largest absolute Gasteiger partial charge is 0.769 e. The molecule has 6 heteroatoms. The molecule has 0 spiro atoms. The molecule has 6 nitrogen and oxygen atoms in total. The van der Waals surface area contributed by atoms with Crippen LogP contribution in [0.2, 0.25) is 0 Å². The molecule has 20 heavy (non-hydrogen) atoms. The Hall–Kier alpha value is -2.38. The molecule has 0 atom stereocenters. The van der Waals surface area contributed by atoms with Crippen molar-refractivity contribution in [1.82, 2.24) is 5.23 Å². The molecule has 2 rings (SSSR count). The van der Waals surface area contributed by atoms with E-state index < -0.39 is 5.23 Å². The van der Waals surface area contributed by atoms with Crippen LogP contribution in [-0.2, 0) is 0 Å². The molecule has 0 bridgehead atoms. The molecule has 0 aromatic heterocycles. The van der Waals surface area contributed by atoms with E-state index in [1.54, 1.807) is 48.5 Å². The lowest BCUT2D eigenvalue weighted by Crippen LogP contribution is -2.12. The average Bonchev–Trinajstić information content (AvgIpc) is 2.45. The number of hydroxylamine groups is 2. The van der Waals surface area contributed by atoms with Crippen LogP contribution in [-0.4, -0.2) is 15.6 Å².